The fourth-order valence-corrected chi connectivity index (χ4v) is 4.77. The Morgan fingerprint density at radius 2 is 2.03 bits per heavy atom. The van der Waals surface area contributed by atoms with E-state index in [2.05, 4.69) is 12.1 Å². The van der Waals surface area contributed by atoms with E-state index < -0.39 is 0 Å². The molecule has 4 rings (SSSR count). The number of aromatic nitrogens is 2. The quantitative estimate of drug-likeness (QED) is 0.694. The van der Waals surface area contributed by atoms with Crippen molar-refractivity contribution in [1.29, 1.82) is 0 Å². The van der Waals surface area contributed by atoms with Crippen molar-refractivity contribution in [2.24, 2.45) is 0 Å². The van der Waals surface area contributed by atoms with Gasteiger partial charge >= 0.3 is 0 Å². The van der Waals surface area contributed by atoms with E-state index in [9.17, 15) is 9.59 Å². The van der Waals surface area contributed by atoms with E-state index in [4.69, 9.17) is 14.7 Å². The van der Waals surface area contributed by atoms with Gasteiger partial charge < -0.3 is 9.64 Å². The predicted molar refractivity (Wildman–Crippen MR) is 123 cm³/mol. The van der Waals surface area contributed by atoms with Crippen LogP contribution in [0.4, 0.5) is 5.82 Å². The highest BCUT2D eigenvalue weighted by Gasteiger charge is 2.31. The van der Waals surface area contributed by atoms with E-state index >= 15 is 0 Å². The van der Waals surface area contributed by atoms with Crippen molar-refractivity contribution >= 4 is 17.6 Å². The van der Waals surface area contributed by atoms with Gasteiger partial charge in [-0.2, -0.15) is 0 Å². The lowest BCUT2D eigenvalue weighted by Gasteiger charge is -2.26. The highest BCUT2D eigenvalue weighted by molar-refractivity contribution is 5.94. The van der Waals surface area contributed by atoms with Gasteiger partial charge in [0.15, 0.2) is 0 Å². The van der Waals surface area contributed by atoms with Gasteiger partial charge in [-0.25, -0.2) is 9.97 Å². The van der Waals surface area contributed by atoms with Crippen LogP contribution in [0.25, 0.3) is 0 Å². The average Bonchev–Trinajstić information content (AvgIpc) is 3.27. The monoisotopic (exact) mass is 436 g/mol. The number of hydrogen-bond acceptors (Lipinski definition) is 5. The fraction of sp³-hybridized carbons (Fsp3) is 0.520. The molecule has 1 aromatic carbocycles. The van der Waals surface area contributed by atoms with Crippen molar-refractivity contribution < 1.29 is 14.3 Å². The molecule has 7 heteroatoms. The Morgan fingerprint density at radius 3 is 2.78 bits per heavy atom. The van der Waals surface area contributed by atoms with E-state index in [1.807, 2.05) is 24.8 Å². The van der Waals surface area contributed by atoms with Crippen molar-refractivity contribution in [1.82, 2.24) is 14.9 Å². The molecular weight excluding hydrogens is 404 g/mol. The number of methoxy groups -OCH3 is 1. The van der Waals surface area contributed by atoms with Gasteiger partial charge in [-0.05, 0) is 56.7 Å². The summed E-state index contributed by atoms with van der Waals surface area (Å²) in [6.07, 6.45) is 4.31. The largest absolute Gasteiger partial charge is 0.496 e. The second-order valence-corrected chi connectivity index (χ2v) is 8.91. The number of nitrogens with zero attached hydrogens (tertiary/aromatic N) is 4. The standard InChI is InChI=1S/C25H32N4O3/c1-16-14-18(8-10-21(16)32-4)6-5-7-23(31)29-13-12-19(15-29)24-26-17(2)20-9-11-22(30)28(3)25(20)27-24/h8,10,14,19H,5-7,9,11-13,15H2,1-4H3. The van der Waals surface area contributed by atoms with Crippen LogP contribution < -0.4 is 9.64 Å². The Kier molecular flexibility index (Phi) is 6.44. The maximum atomic E-state index is 12.8. The van der Waals surface area contributed by atoms with E-state index in [0.29, 0.717) is 25.8 Å². The maximum Gasteiger partial charge on any atom is 0.228 e. The molecule has 170 valence electrons. The first-order chi connectivity index (χ1) is 15.4. The minimum absolute atomic E-state index is 0.0943. The van der Waals surface area contributed by atoms with E-state index in [1.165, 1.54) is 5.56 Å². The number of rotatable bonds is 6. The van der Waals surface area contributed by atoms with Gasteiger partial charge in [0, 0.05) is 50.2 Å². The number of ether oxygens (including phenoxy) is 1. The Morgan fingerprint density at radius 1 is 1.22 bits per heavy atom. The summed E-state index contributed by atoms with van der Waals surface area (Å²) >= 11 is 0. The number of carbonyl (C=O) groups is 2. The molecule has 2 amide bonds. The van der Waals surface area contributed by atoms with Gasteiger partial charge in [-0.15, -0.1) is 0 Å². The van der Waals surface area contributed by atoms with Crippen molar-refractivity contribution in [2.75, 3.05) is 32.1 Å². The molecule has 2 aliphatic heterocycles. The van der Waals surface area contributed by atoms with Gasteiger partial charge in [0.25, 0.3) is 0 Å². The Balaban J connectivity index is 1.34. The first kappa shape index (κ1) is 22.2. The SMILES string of the molecule is COc1ccc(CCCC(=O)N2CCC(c3nc(C)c4c(n3)N(C)C(=O)CC4)C2)cc1C. The minimum Gasteiger partial charge on any atom is -0.496 e. The Hall–Kier alpha value is -2.96. The van der Waals surface area contributed by atoms with Gasteiger partial charge in [-0.1, -0.05) is 12.1 Å². The average molecular weight is 437 g/mol. The third kappa shape index (κ3) is 4.47. The van der Waals surface area contributed by atoms with E-state index in [0.717, 1.165) is 60.0 Å². The third-order valence-corrected chi connectivity index (χ3v) is 6.71. The Bertz CT molecular complexity index is 1040. The molecule has 0 aliphatic carbocycles. The molecule has 0 spiro atoms. The molecule has 0 N–H and O–H groups in total. The van der Waals surface area contributed by atoms with Crippen molar-refractivity contribution in [2.45, 2.75) is 58.3 Å². The van der Waals surface area contributed by atoms with Crippen molar-refractivity contribution in [3.8, 4) is 5.75 Å². The molecule has 1 unspecified atom stereocenters. The van der Waals surface area contributed by atoms with Gasteiger partial charge in [0.1, 0.15) is 17.4 Å². The van der Waals surface area contributed by atoms with Crippen molar-refractivity contribution in [3.05, 3.63) is 46.4 Å². The molecular formula is C25H32N4O3. The summed E-state index contributed by atoms with van der Waals surface area (Å²) in [6.45, 7) is 5.41. The lowest BCUT2D eigenvalue weighted by atomic mass is 10.0. The summed E-state index contributed by atoms with van der Waals surface area (Å²) < 4.78 is 5.32. The molecule has 0 bridgehead atoms. The van der Waals surface area contributed by atoms with Gasteiger partial charge in [0.05, 0.1) is 7.11 Å². The van der Waals surface area contributed by atoms with E-state index in [-0.39, 0.29) is 17.7 Å². The molecule has 0 radical (unpaired) electrons. The number of benzene rings is 1. The maximum absolute atomic E-state index is 12.8. The van der Waals surface area contributed by atoms with Crippen LogP contribution in [0.1, 0.15) is 59.8 Å². The first-order valence-electron chi connectivity index (χ1n) is 11.4. The van der Waals surface area contributed by atoms with Crippen LogP contribution in [0, 0.1) is 13.8 Å². The van der Waals surface area contributed by atoms with Crippen LogP contribution in [-0.2, 0) is 22.4 Å². The number of fused-ring (bicyclic) bond motifs is 1. The molecule has 7 nitrogen and oxygen atoms in total. The van der Waals surface area contributed by atoms with Crippen LogP contribution in [0.2, 0.25) is 0 Å². The minimum atomic E-state index is 0.0943. The zero-order chi connectivity index (χ0) is 22.8. The smallest absolute Gasteiger partial charge is 0.228 e. The fourth-order valence-electron chi connectivity index (χ4n) is 4.77. The van der Waals surface area contributed by atoms with Crippen LogP contribution in [0.15, 0.2) is 18.2 Å². The molecule has 1 saturated heterocycles. The third-order valence-electron chi connectivity index (χ3n) is 6.71. The number of carbonyl (C=O) groups excluding carboxylic acids is 2. The number of anilines is 1. The summed E-state index contributed by atoms with van der Waals surface area (Å²) in [5.74, 6) is 2.80. The lowest BCUT2D eigenvalue weighted by Crippen LogP contribution is -2.33. The molecule has 1 aromatic heterocycles. The first-order valence-corrected chi connectivity index (χ1v) is 11.4. The van der Waals surface area contributed by atoms with Crippen LogP contribution >= 0.6 is 0 Å². The molecule has 32 heavy (non-hydrogen) atoms. The van der Waals surface area contributed by atoms with Gasteiger partial charge in [-0.3, -0.25) is 14.5 Å². The second-order valence-electron chi connectivity index (χ2n) is 8.91. The number of hydrogen-bond donors (Lipinski definition) is 0. The number of aryl methyl sites for hydroxylation is 3. The summed E-state index contributed by atoms with van der Waals surface area (Å²) in [5.41, 5.74) is 4.36. The zero-order valence-electron chi connectivity index (χ0n) is 19.5. The molecule has 1 atom stereocenters. The zero-order valence-corrected chi connectivity index (χ0v) is 19.5. The van der Waals surface area contributed by atoms with E-state index in [1.54, 1.807) is 19.1 Å². The van der Waals surface area contributed by atoms with Gasteiger partial charge in [0.2, 0.25) is 11.8 Å². The number of amides is 2. The molecule has 2 aliphatic rings. The van der Waals surface area contributed by atoms with Crippen LogP contribution in [0.3, 0.4) is 0 Å². The van der Waals surface area contributed by atoms with Crippen LogP contribution in [0.5, 0.6) is 5.75 Å². The highest BCUT2D eigenvalue weighted by Crippen LogP contribution is 2.31. The molecule has 1 fully saturated rings. The highest BCUT2D eigenvalue weighted by atomic mass is 16.5. The van der Waals surface area contributed by atoms with Crippen LogP contribution in [-0.4, -0.2) is 53.9 Å². The lowest BCUT2D eigenvalue weighted by molar-refractivity contribution is -0.130. The normalized spacial score (nSPS) is 18.1. The summed E-state index contributed by atoms with van der Waals surface area (Å²) in [4.78, 5) is 38.0. The topological polar surface area (TPSA) is 75.6 Å². The summed E-state index contributed by atoms with van der Waals surface area (Å²) in [5, 5.41) is 0. The van der Waals surface area contributed by atoms with Crippen molar-refractivity contribution in [3.63, 3.8) is 0 Å². The summed E-state index contributed by atoms with van der Waals surface area (Å²) in [7, 11) is 3.46. The molecule has 3 heterocycles. The predicted octanol–water partition coefficient (Wildman–Crippen LogP) is 3.35. The second kappa shape index (κ2) is 9.27. The number of likely N-dealkylation sites (tertiary alicyclic amines) is 1. The summed E-state index contributed by atoms with van der Waals surface area (Å²) in [6, 6.07) is 6.19. The molecule has 2 aromatic rings. The Labute approximate surface area is 189 Å². The molecule has 0 saturated carbocycles.